The van der Waals surface area contributed by atoms with Crippen molar-refractivity contribution in [1.82, 2.24) is 10.2 Å². The van der Waals surface area contributed by atoms with E-state index in [1.54, 1.807) is 24.3 Å². The van der Waals surface area contributed by atoms with Crippen molar-refractivity contribution in [1.29, 1.82) is 0 Å². The lowest BCUT2D eigenvalue weighted by Gasteiger charge is -2.49. The van der Waals surface area contributed by atoms with Gasteiger partial charge in [-0.05, 0) is 62.9 Å². The van der Waals surface area contributed by atoms with Gasteiger partial charge in [-0.1, -0.05) is 24.9 Å². The van der Waals surface area contributed by atoms with Crippen molar-refractivity contribution in [3.8, 4) is 0 Å². The smallest absolute Gasteiger partial charge is 0.251 e. The summed E-state index contributed by atoms with van der Waals surface area (Å²) in [5.74, 6) is 0.0312. The molecule has 1 aromatic carbocycles. The van der Waals surface area contributed by atoms with E-state index >= 15 is 0 Å². The average Bonchev–Trinajstić information content (AvgIpc) is 2.49. The Hall–Kier alpha value is -1.06. The molecule has 0 aliphatic carbocycles. The van der Waals surface area contributed by atoms with Gasteiger partial charge in [0.15, 0.2) is 0 Å². The third-order valence-corrected chi connectivity index (χ3v) is 5.30. The summed E-state index contributed by atoms with van der Waals surface area (Å²) >= 11 is 5.88. The molecule has 0 radical (unpaired) electrons. The molecule has 3 nitrogen and oxygen atoms in total. The quantitative estimate of drug-likeness (QED) is 0.913. The highest BCUT2D eigenvalue weighted by Gasteiger charge is 2.38. The summed E-state index contributed by atoms with van der Waals surface area (Å²) in [7, 11) is 0. The van der Waals surface area contributed by atoms with E-state index in [9.17, 15) is 4.79 Å². The van der Waals surface area contributed by atoms with Gasteiger partial charge >= 0.3 is 0 Å². The fourth-order valence-corrected chi connectivity index (χ4v) is 4.22. The van der Waals surface area contributed by atoms with E-state index in [4.69, 9.17) is 11.6 Å². The second kappa shape index (κ2) is 7.01. The fraction of sp³-hybridized carbons (Fsp3) is 0.611. The number of fused-ring (bicyclic) bond motifs is 2. The van der Waals surface area contributed by atoms with Crippen LogP contribution in [0.25, 0.3) is 0 Å². The third-order valence-electron chi connectivity index (χ3n) is 5.05. The van der Waals surface area contributed by atoms with Gasteiger partial charge in [0.05, 0.1) is 0 Å². The van der Waals surface area contributed by atoms with Crippen molar-refractivity contribution in [3.63, 3.8) is 0 Å². The number of hydrogen-bond donors (Lipinski definition) is 1. The van der Waals surface area contributed by atoms with Crippen LogP contribution in [0.2, 0.25) is 5.02 Å². The number of halogens is 1. The van der Waals surface area contributed by atoms with Gasteiger partial charge < -0.3 is 5.32 Å². The minimum atomic E-state index is 0.0312. The highest BCUT2D eigenvalue weighted by molar-refractivity contribution is 6.30. The Labute approximate surface area is 138 Å². The lowest BCUT2D eigenvalue weighted by Crippen LogP contribution is -2.57. The van der Waals surface area contributed by atoms with E-state index < -0.39 is 0 Å². The van der Waals surface area contributed by atoms with Gasteiger partial charge in [0.1, 0.15) is 0 Å². The maximum absolute atomic E-state index is 12.4. The van der Waals surface area contributed by atoms with Crippen LogP contribution in [0.5, 0.6) is 0 Å². The second-order valence-electron chi connectivity index (χ2n) is 6.63. The maximum Gasteiger partial charge on any atom is 0.251 e. The summed E-state index contributed by atoms with van der Waals surface area (Å²) in [6.45, 7) is 3.46. The lowest BCUT2D eigenvalue weighted by atomic mass is 9.81. The molecule has 1 amide bonds. The predicted octanol–water partition coefficient (Wildman–Crippen LogP) is 3.87. The predicted molar refractivity (Wildman–Crippen MR) is 90.4 cm³/mol. The Morgan fingerprint density at radius 2 is 1.86 bits per heavy atom. The average molecular weight is 321 g/mol. The number of carbonyl (C=O) groups is 1. The normalized spacial score (nSPS) is 28.4. The summed E-state index contributed by atoms with van der Waals surface area (Å²) in [5, 5.41) is 3.90. The standard InChI is InChI=1S/C18H25ClN2O/c1-2-10-21-16-4-3-5-17(21)12-15(11-16)20-18(22)13-6-8-14(19)9-7-13/h6-9,15-17H,2-5,10-12H2,1H3,(H,20,22). The first kappa shape index (κ1) is 15.8. The first-order valence-electron chi connectivity index (χ1n) is 8.49. The number of nitrogens with zero attached hydrogens (tertiary/aromatic N) is 1. The second-order valence-corrected chi connectivity index (χ2v) is 7.06. The number of hydrogen-bond acceptors (Lipinski definition) is 2. The van der Waals surface area contributed by atoms with Gasteiger partial charge in [0.2, 0.25) is 0 Å². The summed E-state index contributed by atoms with van der Waals surface area (Å²) in [5.41, 5.74) is 0.700. The molecular weight excluding hydrogens is 296 g/mol. The van der Waals surface area contributed by atoms with Crippen molar-refractivity contribution in [2.24, 2.45) is 0 Å². The van der Waals surface area contributed by atoms with Crippen LogP contribution in [-0.4, -0.2) is 35.5 Å². The molecule has 2 saturated heterocycles. The largest absolute Gasteiger partial charge is 0.349 e. The molecule has 0 spiro atoms. The molecule has 22 heavy (non-hydrogen) atoms. The fourth-order valence-electron chi connectivity index (χ4n) is 4.09. The highest BCUT2D eigenvalue weighted by Crippen LogP contribution is 2.34. The van der Waals surface area contributed by atoms with Gasteiger partial charge in [0.25, 0.3) is 5.91 Å². The number of nitrogens with one attached hydrogen (secondary N) is 1. The molecule has 0 saturated carbocycles. The van der Waals surface area contributed by atoms with Crippen LogP contribution in [0.15, 0.2) is 24.3 Å². The van der Waals surface area contributed by atoms with Crippen LogP contribution < -0.4 is 5.32 Å². The first-order chi connectivity index (χ1) is 10.7. The molecule has 3 rings (SSSR count). The van der Waals surface area contributed by atoms with Crippen LogP contribution in [-0.2, 0) is 0 Å². The monoisotopic (exact) mass is 320 g/mol. The van der Waals surface area contributed by atoms with Crippen LogP contribution in [0.1, 0.15) is 55.8 Å². The summed E-state index contributed by atoms with van der Waals surface area (Å²) in [4.78, 5) is 15.1. The van der Waals surface area contributed by atoms with Crippen molar-refractivity contribution in [3.05, 3.63) is 34.9 Å². The summed E-state index contributed by atoms with van der Waals surface area (Å²) in [6, 6.07) is 8.76. The molecule has 2 aliphatic heterocycles. The summed E-state index contributed by atoms with van der Waals surface area (Å²) in [6.07, 6.45) is 7.31. The Morgan fingerprint density at radius 1 is 1.23 bits per heavy atom. The lowest BCUT2D eigenvalue weighted by molar-refractivity contribution is 0.0245. The van der Waals surface area contributed by atoms with E-state index in [1.165, 1.54) is 32.2 Å². The number of piperidine rings is 2. The van der Waals surface area contributed by atoms with Gasteiger partial charge in [0, 0.05) is 28.7 Å². The third kappa shape index (κ3) is 3.47. The van der Waals surface area contributed by atoms with Crippen LogP contribution >= 0.6 is 11.6 Å². The number of amides is 1. The first-order valence-corrected chi connectivity index (χ1v) is 8.87. The number of benzene rings is 1. The van der Waals surface area contributed by atoms with E-state index in [-0.39, 0.29) is 5.91 Å². The molecule has 1 aromatic rings. The Morgan fingerprint density at radius 3 is 2.45 bits per heavy atom. The van der Waals surface area contributed by atoms with Crippen LogP contribution in [0, 0.1) is 0 Å². The Kier molecular flexibility index (Phi) is 5.04. The molecule has 2 heterocycles. The van der Waals surface area contributed by atoms with E-state index in [1.807, 2.05) is 0 Å². The molecule has 2 atom stereocenters. The van der Waals surface area contributed by atoms with Gasteiger partial charge in [-0.2, -0.15) is 0 Å². The van der Waals surface area contributed by atoms with E-state index in [0.29, 0.717) is 28.7 Å². The van der Waals surface area contributed by atoms with Crippen molar-refractivity contribution < 1.29 is 4.79 Å². The molecule has 2 bridgehead atoms. The molecule has 2 aliphatic rings. The highest BCUT2D eigenvalue weighted by atomic mass is 35.5. The molecular formula is C18H25ClN2O. The summed E-state index contributed by atoms with van der Waals surface area (Å²) < 4.78 is 0. The topological polar surface area (TPSA) is 32.3 Å². The Balaban J connectivity index is 1.62. The van der Waals surface area contributed by atoms with Crippen LogP contribution in [0.4, 0.5) is 0 Å². The van der Waals surface area contributed by atoms with Crippen molar-refractivity contribution in [2.75, 3.05) is 6.54 Å². The minimum absolute atomic E-state index is 0.0312. The van der Waals surface area contributed by atoms with Gasteiger partial charge in [-0.15, -0.1) is 0 Å². The SMILES string of the molecule is CCCN1C2CCCC1CC(NC(=O)c1ccc(Cl)cc1)C2. The molecule has 2 fully saturated rings. The number of rotatable bonds is 4. The van der Waals surface area contributed by atoms with E-state index in [0.717, 1.165) is 12.8 Å². The zero-order chi connectivity index (χ0) is 15.5. The molecule has 0 aromatic heterocycles. The molecule has 120 valence electrons. The Bertz CT molecular complexity index is 502. The molecule has 2 unspecified atom stereocenters. The minimum Gasteiger partial charge on any atom is -0.349 e. The molecule has 4 heteroatoms. The zero-order valence-electron chi connectivity index (χ0n) is 13.2. The van der Waals surface area contributed by atoms with Crippen molar-refractivity contribution in [2.45, 2.75) is 63.6 Å². The van der Waals surface area contributed by atoms with Crippen molar-refractivity contribution >= 4 is 17.5 Å². The molecule has 1 N–H and O–H groups in total. The van der Waals surface area contributed by atoms with Gasteiger partial charge in [-0.25, -0.2) is 0 Å². The maximum atomic E-state index is 12.4. The van der Waals surface area contributed by atoms with E-state index in [2.05, 4.69) is 17.1 Å². The van der Waals surface area contributed by atoms with Gasteiger partial charge in [-0.3, -0.25) is 9.69 Å². The number of carbonyl (C=O) groups excluding carboxylic acids is 1. The van der Waals surface area contributed by atoms with Crippen LogP contribution in [0.3, 0.4) is 0 Å². The zero-order valence-corrected chi connectivity index (χ0v) is 14.0.